The summed E-state index contributed by atoms with van der Waals surface area (Å²) in [5.74, 6) is -0.186. The third-order valence-electron chi connectivity index (χ3n) is 7.64. The maximum atomic E-state index is 12.9. The van der Waals surface area contributed by atoms with Crippen LogP contribution in [0.3, 0.4) is 0 Å². The van der Waals surface area contributed by atoms with Gasteiger partial charge in [-0.3, -0.25) is 24.1 Å². The van der Waals surface area contributed by atoms with Gasteiger partial charge in [-0.2, -0.15) is 0 Å². The van der Waals surface area contributed by atoms with E-state index in [1.54, 1.807) is 36.3 Å². The van der Waals surface area contributed by atoms with Crippen molar-refractivity contribution in [3.05, 3.63) is 65.2 Å². The van der Waals surface area contributed by atoms with Crippen LogP contribution >= 0.6 is 0 Å². The minimum absolute atomic E-state index is 0.0127. The van der Waals surface area contributed by atoms with Gasteiger partial charge in [0.15, 0.2) is 0 Å². The van der Waals surface area contributed by atoms with Crippen molar-refractivity contribution in [2.75, 3.05) is 33.3 Å². The number of likely N-dealkylation sites (tertiary alicyclic amines) is 1. The molecule has 0 radical (unpaired) electrons. The fourth-order valence-corrected chi connectivity index (χ4v) is 5.37. The Morgan fingerprint density at radius 2 is 1.71 bits per heavy atom. The summed E-state index contributed by atoms with van der Waals surface area (Å²) < 4.78 is 5.24. The monoisotopic (exact) mass is 475 g/mol. The average molecular weight is 476 g/mol. The Labute approximate surface area is 204 Å². The van der Waals surface area contributed by atoms with Crippen LogP contribution in [0.4, 0.5) is 0 Å². The second-order valence-corrected chi connectivity index (χ2v) is 9.63. The molecular formula is C27H29N3O5. The molecule has 8 nitrogen and oxygen atoms in total. The Kier molecular flexibility index (Phi) is 6.05. The number of carbonyl (C=O) groups excluding carboxylic acids is 4. The van der Waals surface area contributed by atoms with Crippen molar-refractivity contribution >= 4 is 23.6 Å². The van der Waals surface area contributed by atoms with Crippen LogP contribution in [0, 0.1) is 11.3 Å². The van der Waals surface area contributed by atoms with Gasteiger partial charge in [0.1, 0.15) is 12.3 Å². The summed E-state index contributed by atoms with van der Waals surface area (Å²) in [6.07, 6.45) is 3.10. The second-order valence-electron chi connectivity index (χ2n) is 9.63. The third-order valence-corrected chi connectivity index (χ3v) is 7.64. The maximum absolute atomic E-state index is 12.9. The van der Waals surface area contributed by atoms with E-state index in [9.17, 15) is 19.2 Å². The van der Waals surface area contributed by atoms with E-state index >= 15 is 0 Å². The molecule has 1 aliphatic carbocycles. The molecule has 1 saturated carbocycles. The lowest BCUT2D eigenvalue weighted by Gasteiger charge is -2.33. The summed E-state index contributed by atoms with van der Waals surface area (Å²) in [5.41, 5.74) is 1.77. The van der Waals surface area contributed by atoms with Gasteiger partial charge in [0.05, 0.1) is 18.2 Å². The SMILES string of the molecule is COc1cccc(CCNC(=O)C2CC23CCN(C(=O)CN2C(=O)c4ccccc4C2=O)CC3)c1. The molecule has 4 amide bonds. The van der Waals surface area contributed by atoms with Gasteiger partial charge in [-0.15, -0.1) is 0 Å². The van der Waals surface area contributed by atoms with E-state index in [0.717, 1.165) is 41.9 Å². The van der Waals surface area contributed by atoms with E-state index in [1.807, 2.05) is 24.3 Å². The fraction of sp³-hybridized carbons (Fsp3) is 0.407. The summed E-state index contributed by atoms with van der Waals surface area (Å²) in [5, 5.41) is 3.06. The van der Waals surface area contributed by atoms with Crippen molar-refractivity contribution in [3.8, 4) is 5.75 Å². The van der Waals surface area contributed by atoms with Crippen LogP contribution in [0.25, 0.3) is 0 Å². The molecule has 1 N–H and O–H groups in total. The molecule has 1 atom stereocenters. The highest BCUT2D eigenvalue weighted by Gasteiger charge is 2.58. The Bertz CT molecular complexity index is 1150. The first-order chi connectivity index (χ1) is 16.9. The molecule has 0 aromatic heterocycles. The number of hydrogen-bond donors (Lipinski definition) is 1. The van der Waals surface area contributed by atoms with Gasteiger partial charge in [-0.25, -0.2) is 0 Å². The predicted molar refractivity (Wildman–Crippen MR) is 128 cm³/mol. The quantitative estimate of drug-likeness (QED) is 0.620. The van der Waals surface area contributed by atoms with Crippen LogP contribution in [0.2, 0.25) is 0 Å². The summed E-state index contributed by atoms with van der Waals surface area (Å²) in [6, 6.07) is 14.5. The summed E-state index contributed by atoms with van der Waals surface area (Å²) >= 11 is 0. The lowest BCUT2D eigenvalue weighted by atomic mass is 9.90. The molecule has 2 fully saturated rings. The van der Waals surface area contributed by atoms with Gasteiger partial charge in [-0.1, -0.05) is 24.3 Å². The second kappa shape index (κ2) is 9.17. The molecule has 8 heteroatoms. The summed E-state index contributed by atoms with van der Waals surface area (Å²) in [6.45, 7) is 1.40. The van der Waals surface area contributed by atoms with Crippen LogP contribution in [0.15, 0.2) is 48.5 Å². The number of nitrogens with one attached hydrogen (secondary N) is 1. The minimum Gasteiger partial charge on any atom is -0.497 e. The molecule has 2 aliphatic heterocycles. The smallest absolute Gasteiger partial charge is 0.262 e. The predicted octanol–water partition coefficient (Wildman–Crippen LogP) is 2.28. The molecule has 1 spiro atoms. The number of methoxy groups -OCH3 is 1. The number of ether oxygens (including phenoxy) is 1. The lowest BCUT2D eigenvalue weighted by Crippen LogP contribution is -2.46. The van der Waals surface area contributed by atoms with Gasteiger partial charge in [0, 0.05) is 25.6 Å². The number of hydrogen-bond acceptors (Lipinski definition) is 5. The molecule has 2 aromatic carbocycles. The Hall–Kier alpha value is -3.68. The Balaban J connectivity index is 1.08. The van der Waals surface area contributed by atoms with Crippen molar-refractivity contribution in [2.45, 2.75) is 25.7 Å². The topological polar surface area (TPSA) is 96.0 Å². The minimum atomic E-state index is -0.416. The lowest BCUT2D eigenvalue weighted by molar-refractivity contribution is -0.133. The van der Waals surface area contributed by atoms with Crippen LogP contribution in [0.5, 0.6) is 5.75 Å². The zero-order valence-corrected chi connectivity index (χ0v) is 19.8. The number of amides is 4. The summed E-state index contributed by atoms with van der Waals surface area (Å²) in [7, 11) is 1.64. The summed E-state index contributed by atoms with van der Waals surface area (Å²) in [4.78, 5) is 53.4. The van der Waals surface area contributed by atoms with Crippen molar-refractivity contribution in [2.24, 2.45) is 11.3 Å². The van der Waals surface area contributed by atoms with Crippen molar-refractivity contribution in [3.63, 3.8) is 0 Å². The zero-order valence-electron chi connectivity index (χ0n) is 19.8. The number of rotatable bonds is 7. The van der Waals surface area contributed by atoms with Crippen LogP contribution < -0.4 is 10.1 Å². The average Bonchev–Trinajstić information content (AvgIpc) is 3.53. The van der Waals surface area contributed by atoms with Crippen molar-refractivity contribution < 1.29 is 23.9 Å². The molecule has 0 bridgehead atoms. The third kappa shape index (κ3) is 4.40. The molecular weight excluding hydrogens is 446 g/mol. The van der Waals surface area contributed by atoms with Crippen LogP contribution in [0.1, 0.15) is 45.5 Å². The molecule has 182 valence electrons. The van der Waals surface area contributed by atoms with Crippen LogP contribution in [-0.4, -0.2) is 66.7 Å². The molecule has 1 unspecified atom stereocenters. The molecule has 35 heavy (non-hydrogen) atoms. The van der Waals surface area contributed by atoms with Crippen molar-refractivity contribution in [1.82, 2.24) is 15.1 Å². The number of nitrogens with zero attached hydrogens (tertiary/aromatic N) is 2. The van der Waals surface area contributed by atoms with Gasteiger partial charge in [0.25, 0.3) is 11.8 Å². The van der Waals surface area contributed by atoms with E-state index in [2.05, 4.69) is 5.32 Å². The number of imide groups is 1. The first kappa shape index (κ1) is 23.1. The first-order valence-corrected chi connectivity index (χ1v) is 12.1. The van der Waals surface area contributed by atoms with E-state index in [-0.39, 0.29) is 29.7 Å². The Morgan fingerprint density at radius 3 is 2.37 bits per heavy atom. The van der Waals surface area contributed by atoms with Crippen molar-refractivity contribution in [1.29, 1.82) is 0 Å². The number of fused-ring (bicyclic) bond motifs is 1. The van der Waals surface area contributed by atoms with E-state index in [0.29, 0.717) is 30.8 Å². The number of benzene rings is 2. The van der Waals surface area contributed by atoms with E-state index in [1.165, 1.54) is 0 Å². The first-order valence-electron chi connectivity index (χ1n) is 12.1. The molecule has 2 aromatic rings. The Morgan fingerprint density at radius 1 is 1.03 bits per heavy atom. The zero-order chi connectivity index (χ0) is 24.6. The standard InChI is InChI=1S/C27H29N3O5/c1-35-19-6-4-5-18(15-19)9-12-28-24(32)22-16-27(22)10-13-29(14-11-27)23(31)17-30-25(33)20-7-2-3-8-21(20)26(30)34/h2-8,15,22H,9-14,16-17H2,1H3,(H,28,32). The van der Waals surface area contributed by atoms with Gasteiger partial charge < -0.3 is 15.0 Å². The highest BCUT2D eigenvalue weighted by molar-refractivity contribution is 6.22. The van der Waals surface area contributed by atoms with E-state index < -0.39 is 11.8 Å². The van der Waals surface area contributed by atoms with Gasteiger partial charge >= 0.3 is 0 Å². The largest absolute Gasteiger partial charge is 0.497 e. The normalized spacial score (nSPS) is 20.1. The van der Waals surface area contributed by atoms with Crippen LogP contribution in [-0.2, 0) is 16.0 Å². The molecule has 5 rings (SSSR count). The molecule has 1 saturated heterocycles. The number of piperidine rings is 1. The highest BCUT2D eigenvalue weighted by atomic mass is 16.5. The molecule has 2 heterocycles. The number of carbonyl (C=O) groups is 4. The fourth-order valence-electron chi connectivity index (χ4n) is 5.37. The van der Waals surface area contributed by atoms with Gasteiger partial charge in [0.2, 0.25) is 11.8 Å². The van der Waals surface area contributed by atoms with Gasteiger partial charge in [-0.05, 0) is 60.9 Å². The van der Waals surface area contributed by atoms with E-state index in [4.69, 9.17) is 4.74 Å². The maximum Gasteiger partial charge on any atom is 0.262 e. The molecule has 3 aliphatic rings. The highest BCUT2D eigenvalue weighted by Crippen LogP contribution is 2.59.